The fraction of sp³-hybridized carbons (Fsp3) is 0.404. The number of rotatable bonds is 13. The molecule has 0 saturated carbocycles. The number of Topliss-reactive ketones (excluding diaryl/α,β-unsaturated/α-hetero) is 1. The third kappa shape index (κ3) is 9.15. The van der Waals surface area contributed by atoms with E-state index in [1.807, 2.05) is 64.2 Å². The maximum Gasteiger partial charge on any atom is 0.238 e. The number of aliphatic hydroxyl groups excluding tert-OH is 1. The molecule has 8 rings (SSSR count). The Balaban J connectivity index is 0.868. The van der Waals surface area contributed by atoms with E-state index in [2.05, 4.69) is 72.7 Å². The predicted octanol–water partition coefficient (Wildman–Crippen LogP) is 6.82. The number of aromatic nitrogens is 6. The zero-order valence-electron chi connectivity index (χ0n) is 35.5. The van der Waals surface area contributed by atoms with E-state index in [0.717, 1.165) is 95.0 Å². The zero-order valence-corrected chi connectivity index (χ0v) is 35.5. The van der Waals surface area contributed by atoms with Gasteiger partial charge in [-0.1, -0.05) is 63.2 Å². The molecule has 2 aliphatic rings. The molecule has 0 spiro atoms. The van der Waals surface area contributed by atoms with Crippen LogP contribution in [0.5, 0.6) is 0 Å². The Hall–Kier alpha value is -6.12. The van der Waals surface area contributed by atoms with Gasteiger partial charge in [0.1, 0.15) is 5.69 Å². The molecule has 0 radical (unpaired) electrons. The first-order valence-electron chi connectivity index (χ1n) is 21.2. The molecule has 2 fully saturated rings. The van der Waals surface area contributed by atoms with Crippen molar-refractivity contribution in [2.24, 2.45) is 0 Å². The van der Waals surface area contributed by atoms with Gasteiger partial charge in [0.05, 0.1) is 12.5 Å². The highest BCUT2D eigenvalue weighted by atomic mass is 16.5. The summed E-state index contributed by atoms with van der Waals surface area (Å²) in [5, 5.41) is 25.4. The van der Waals surface area contributed by atoms with Gasteiger partial charge in [-0.05, 0) is 78.3 Å². The van der Waals surface area contributed by atoms with Gasteiger partial charge in [-0.2, -0.15) is 10.1 Å². The molecular formula is C47H53N9O5. The van der Waals surface area contributed by atoms with Gasteiger partial charge in [0.25, 0.3) is 0 Å². The van der Waals surface area contributed by atoms with Crippen LogP contribution in [0.15, 0.2) is 71.4 Å². The summed E-state index contributed by atoms with van der Waals surface area (Å²) in [6.07, 6.45) is 4.42. The minimum atomic E-state index is -0.334. The van der Waals surface area contributed by atoms with E-state index in [-0.39, 0.29) is 53.7 Å². The van der Waals surface area contributed by atoms with Crippen molar-refractivity contribution >= 4 is 34.3 Å². The van der Waals surface area contributed by atoms with E-state index < -0.39 is 0 Å². The number of pyridine rings is 2. The number of H-pyrrole nitrogens is 1. The number of carbonyl (C=O) groups is 3. The second-order valence-corrected chi connectivity index (χ2v) is 17.4. The van der Waals surface area contributed by atoms with E-state index in [0.29, 0.717) is 30.8 Å². The zero-order chi connectivity index (χ0) is 42.8. The number of piperazine rings is 1. The molecule has 2 aromatic carbocycles. The van der Waals surface area contributed by atoms with Crippen molar-refractivity contribution in [3.63, 3.8) is 0 Å². The summed E-state index contributed by atoms with van der Waals surface area (Å²) in [4.78, 5) is 55.6. The first kappa shape index (κ1) is 41.6. The maximum atomic E-state index is 12.9. The molecule has 6 aromatic rings. The number of fused-ring (bicyclic) bond motifs is 1. The number of nitrogens with zero attached hydrogens (tertiary/aromatic N) is 7. The number of hydrogen-bond donors (Lipinski definition) is 3. The standard InChI is InChI=1S/C47H53N9O5/c1-28(6-16-40(58)44-51-46(61-54-44)47(3,4)5)36-13-9-31(24-33(36)27-57)42-39-25-32(26-48-43(39)53-52-42)30-7-11-35(12-8-30)56-22-20-55(21-23-56)19-18-34-10-14-37(29(2)49-34)38-15-17-41(59)50-45(38)60/h7-14,24-26,28,38,57H,6,15-23,27H2,1-5H3,(H,48,52,53)(H,50,59,60)/t28-,38?/m0/s1. The van der Waals surface area contributed by atoms with Gasteiger partial charge < -0.3 is 14.5 Å². The van der Waals surface area contributed by atoms with Crippen LogP contribution in [0, 0.1) is 6.92 Å². The van der Waals surface area contributed by atoms with Crippen LogP contribution in [-0.2, 0) is 28.0 Å². The van der Waals surface area contributed by atoms with Crippen LogP contribution in [-0.4, -0.2) is 90.6 Å². The van der Waals surface area contributed by atoms with Crippen molar-refractivity contribution in [3.05, 3.63) is 107 Å². The lowest BCUT2D eigenvalue weighted by Crippen LogP contribution is -2.47. The summed E-state index contributed by atoms with van der Waals surface area (Å²) in [6, 6.07) is 20.8. The van der Waals surface area contributed by atoms with E-state index in [1.165, 1.54) is 5.69 Å². The average molecular weight is 824 g/mol. The molecule has 2 amide bonds. The van der Waals surface area contributed by atoms with Crippen LogP contribution in [0.1, 0.15) is 110 Å². The minimum absolute atomic E-state index is 0.0112. The number of ketones is 1. The smallest absolute Gasteiger partial charge is 0.238 e. The van der Waals surface area contributed by atoms with E-state index in [4.69, 9.17) is 14.5 Å². The highest BCUT2D eigenvalue weighted by Crippen LogP contribution is 2.34. The topological polar surface area (TPSA) is 183 Å². The number of aliphatic hydroxyl groups is 1. The molecule has 4 aromatic heterocycles. The summed E-state index contributed by atoms with van der Waals surface area (Å²) >= 11 is 0. The number of benzene rings is 2. The monoisotopic (exact) mass is 823 g/mol. The number of nitrogens with one attached hydrogen (secondary N) is 2. The summed E-state index contributed by atoms with van der Waals surface area (Å²) in [6.45, 7) is 14.4. The van der Waals surface area contributed by atoms with Crippen LogP contribution in [0.2, 0.25) is 0 Å². The highest BCUT2D eigenvalue weighted by molar-refractivity contribution is 6.01. The first-order chi connectivity index (χ1) is 29.3. The van der Waals surface area contributed by atoms with Crippen molar-refractivity contribution in [1.82, 2.24) is 40.5 Å². The van der Waals surface area contributed by atoms with Crippen molar-refractivity contribution in [2.75, 3.05) is 37.6 Å². The Kier molecular flexibility index (Phi) is 11.9. The quantitative estimate of drug-likeness (QED) is 0.0818. The Labute approximate surface area is 355 Å². The molecule has 2 atom stereocenters. The minimum Gasteiger partial charge on any atom is -0.392 e. The first-order valence-corrected chi connectivity index (χ1v) is 21.2. The Morgan fingerprint density at radius 1 is 0.967 bits per heavy atom. The van der Waals surface area contributed by atoms with E-state index in [9.17, 15) is 19.5 Å². The number of piperidine rings is 1. The molecule has 14 heteroatoms. The van der Waals surface area contributed by atoms with E-state index >= 15 is 0 Å². The number of imide groups is 1. The number of anilines is 1. The second kappa shape index (κ2) is 17.5. The molecule has 0 bridgehead atoms. The lowest BCUT2D eigenvalue weighted by Gasteiger charge is -2.36. The van der Waals surface area contributed by atoms with Gasteiger partial charge in [0.2, 0.25) is 29.3 Å². The molecule has 6 heterocycles. The van der Waals surface area contributed by atoms with Gasteiger partial charge in [-0.15, -0.1) is 0 Å². The lowest BCUT2D eigenvalue weighted by atomic mass is 9.89. The maximum absolute atomic E-state index is 12.9. The fourth-order valence-corrected chi connectivity index (χ4v) is 8.40. The molecule has 3 N–H and O–H groups in total. The molecule has 316 valence electrons. The molecule has 14 nitrogen and oxygen atoms in total. The Morgan fingerprint density at radius 3 is 2.44 bits per heavy atom. The van der Waals surface area contributed by atoms with Crippen LogP contribution in [0.3, 0.4) is 0 Å². The van der Waals surface area contributed by atoms with Gasteiger partial charge in [-0.25, -0.2) is 4.98 Å². The number of hydrogen-bond acceptors (Lipinski definition) is 12. The van der Waals surface area contributed by atoms with E-state index in [1.54, 1.807) is 0 Å². The third-order valence-electron chi connectivity index (χ3n) is 12.1. The van der Waals surface area contributed by atoms with Crippen molar-refractivity contribution in [3.8, 4) is 22.4 Å². The summed E-state index contributed by atoms with van der Waals surface area (Å²) < 4.78 is 5.31. The van der Waals surface area contributed by atoms with Crippen molar-refractivity contribution < 1.29 is 24.0 Å². The summed E-state index contributed by atoms with van der Waals surface area (Å²) in [7, 11) is 0. The largest absolute Gasteiger partial charge is 0.392 e. The van der Waals surface area contributed by atoms with Crippen LogP contribution in [0.25, 0.3) is 33.4 Å². The fourth-order valence-electron chi connectivity index (χ4n) is 8.40. The molecule has 2 aliphatic heterocycles. The predicted molar refractivity (Wildman–Crippen MR) is 232 cm³/mol. The summed E-state index contributed by atoms with van der Waals surface area (Å²) in [5.74, 6) is -0.359. The molecule has 1 unspecified atom stereocenters. The van der Waals surface area contributed by atoms with Gasteiger partial charge in [0, 0.05) is 97.2 Å². The SMILES string of the molecule is Cc1nc(CCN2CCN(c3ccc(-c4cnc5[nH]nc(-c6ccc([C@@H](C)CCC(=O)c7noc(C(C)(C)C)n7)c(CO)c6)c5c4)cc3)CC2)ccc1C1CCC(=O)NC1=O. The highest BCUT2D eigenvalue weighted by Gasteiger charge is 2.30. The van der Waals surface area contributed by atoms with Crippen molar-refractivity contribution in [1.29, 1.82) is 0 Å². The van der Waals surface area contributed by atoms with Crippen LogP contribution >= 0.6 is 0 Å². The van der Waals surface area contributed by atoms with Gasteiger partial charge >= 0.3 is 0 Å². The number of carbonyl (C=O) groups excluding carboxylic acids is 3. The number of aromatic amines is 1. The number of aryl methyl sites for hydroxylation is 1. The molecule has 2 saturated heterocycles. The number of amides is 2. The lowest BCUT2D eigenvalue weighted by molar-refractivity contribution is -0.134. The van der Waals surface area contributed by atoms with Crippen LogP contribution in [0.4, 0.5) is 5.69 Å². The Morgan fingerprint density at radius 2 is 1.74 bits per heavy atom. The molecule has 61 heavy (non-hydrogen) atoms. The van der Waals surface area contributed by atoms with Gasteiger partial charge in [0.15, 0.2) is 5.65 Å². The second-order valence-electron chi connectivity index (χ2n) is 17.4. The van der Waals surface area contributed by atoms with Crippen LogP contribution < -0.4 is 10.2 Å². The normalized spacial score (nSPS) is 16.9. The Bertz CT molecular complexity index is 2570. The average Bonchev–Trinajstić information content (AvgIpc) is 3.94. The third-order valence-corrected chi connectivity index (χ3v) is 12.1. The van der Waals surface area contributed by atoms with Crippen molar-refractivity contribution in [2.45, 2.75) is 90.6 Å². The molecular weight excluding hydrogens is 771 g/mol. The molecule has 0 aliphatic carbocycles. The van der Waals surface area contributed by atoms with Gasteiger partial charge in [-0.3, -0.25) is 34.7 Å². The summed E-state index contributed by atoms with van der Waals surface area (Å²) in [5.41, 5.74) is 9.73.